The first kappa shape index (κ1) is 34.4. The lowest BCUT2D eigenvalue weighted by Crippen LogP contribution is -2.16. The molecule has 2 heterocycles. The van der Waals surface area contributed by atoms with Crippen LogP contribution in [0.4, 0.5) is 17.1 Å². The molecule has 284 valence electrons. The molecule has 3 heteroatoms. The normalized spacial score (nSPS) is 13.0. The van der Waals surface area contributed by atoms with E-state index in [9.17, 15) is 0 Å². The average molecular weight is 769 g/mol. The van der Waals surface area contributed by atoms with Crippen LogP contribution in [0.2, 0.25) is 0 Å². The van der Waals surface area contributed by atoms with Crippen LogP contribution in [0.5, 0.6) is 0 Å². The van der Waals surface area contributed by atoms with E-state index in [0.29, 0.717) is 0 Å². The highest BCUT2D eigenvalue weighted by Gasteiger charge is 2.35. The van der Waals surface area contributed by atoms with E-state index in [1.807, 2.05) is 12.1 Å². The molecule has 2 aromatic heterocycles. The van der Waals surface area contributed by atoms with E-state index in [4.69, 9.17) is 4.42 Å². The molecule has 9 aromatic carbocycles. The van der Waals surface area contributed by atoms with Crippen LogP contribution in [0.1, 0.15) is 25.0 Å². The van der Waals surface area contributed by atoms with E-state index in [-0.39, 0.29) is 5.41 Å². The number of rotatable bonds is 6. The number of nitrogens with zero attached hydrogens (tertiary/aromatic N) is 2. The number of aromatic nitrogens is 1. The monoisotopic (exact) mass is 768 g/mol. The lowest BCUT2D eigenvalue weighted by Gasteiger charge is -2.28. The largest absolute Gasteiger partial charge is 0.456 e. The van der Waals surface area contributed by atoms with Crippen LogP contribution in [0.15, 0.2) is 211 Å². The molecule has 0 saturated carbocycles. The van der Waals surface area contributed by atoms with Crippen molar-refractivity contribution in [3.8, 4) is 39.1 Å². The predicted octanol–water partition coefficient (Wildman–Crippen LogP) is 15.8. The highest BCUT2D eigenvalue weighted by Crippen LogP contribution is 2.51. The van der Waals surface area contributed by atoms with Crippen molar-refractivity contribution in [2.75, 3.05) is 4.90 Å². The molecule has 0 amide bonds. The number of anilines is 3. The van der Waals surface area contributed by atoms with Crippen LogP contribution in [0.3, 0.4) is 0 Å². The zero-order valence-corrected chi connectivity index (χ0v) is 33.4. The van der Waals surface area contributed by atoms with E-state index in [1.165, 1.54) is 55.2 Å². The first-order valence-corrected chi connectivity index (χ1v) is 20.7. The fraction of sp³-hybridized carbons (Fsp3) is 0.0526. The Hall–Kier alpha value is -7.62. The smallest absolute Gasteiger partial charge is 0.136 e. The standard InChI is InChI=1S/C57H40N2O/c1-57(2)51-17-9-6-14-45(51)46-32-29-44(36-52(46)57)58(41-25-20-38(21-26-41)37-12-4-3-5-13-37)43-30-33-54-50(35-43)47-15-7-10-18-53(47)59(54)42-27-22-39(23-28-42)40-24-31-49-48-16-8-11-19-55(48)60-56(49)34-40/h3-36H,1-2H3. The van der Waals surface area contributed by atoms with Gasteiger partial charge in [0, 0.05) is 49.7 Å². The Balaban J connectivity index is 0.977. The summed E-state index contributed by atoms with van der Waals surface area (Å²) in [7, 11) is 0. The first-order valence-electron chi connectivity index (χ1n) is 20.7. The van der Waals surface area contributed by atoms with Crippen molar-refractivity contribution >= 4 is 60.8 Å². The van der Waals surface area contributed by atoms with Gasteiger partial charge in [-0.3, -0.25) is 0 Å². The second kappa shape index (κ2) is 13.2. The Kier molecular flexibility index (Phi) is 7.58. The summed E-state index contributed by atoms with van der Waals surface area (Å²) in [6.45, 7) is 4.71. The van der Waals surface area contributed by atoms with Crippen LogP contribution in [-0.4, -0.2) is 4.57 Å². The Labute approximate surface area is 349 Å². The molecule has 0 radical (unpaired) electrons. The van der Waals surface area contributed by atoms with E-state index in [1.54, 1.807) is 0 Å². The summed E-state index contributed by atoms with van der Waals surface area (Å²) in [6.07, 6.45) is 0. The van der Waals surface area contributed by atoms with Gasteiger partial charge in [0.15, 0.2) is 0 Å². The van der Waals surface area contributed by atoms with Gasteiger partial charge < -0.3 is 13.9 Å². The van der Waals surface area contributed by atoms with Gasteiger partial charge in [-0.1, -0.05) is 141 Å². The summed E-state index contributed by atoms with van der Waals surface area (Å²) < 4.78 is 8.63. The van der Waals surface area contributed by atoms with Gasteiger partial charge in [0.25, 0.3) is 0 Å². The highest BCUT2D eigenvalue weighted by molar-refractivity contribution is 6.11. The van der Waals surface area contributed by atoms with Crippen molar-refractivity contribution in [2.24, 2.45) is 0 Å². The molecule has 1 aliphatic carbocycles. The number of hydrogen-bond donors (Lipinski definition) is 0. The minimum absolute atomic E-state index is 0.113. The van der Waals surface area contributed by atoms with Crippen LogP contribution < -0.4 is 4.90 Å². The third-order valence-corrected chi connectivity index (χ3v) is 12.8. The van der Waals surface area contributed by atoms with Crippen LogP contribution >= 0.6 is 0 Å². The van der Waals surface area contributed by atoms with Crippen LogP contribution in [-0.2, 0) is 5.41 Å². The van der Waals surface area contributed by atoms with Crippen molar-refractivity contribution in [3.05, 3.63) is 217 Å². The Morgan fingerprint density at radius 3 is 1.82 bits per heavy atom. The molecular formula is C57H40N2O. The Bertz CT molecular complexity index is 3440. The van der Waals surface area contributed by atoms with Gasteiger partial charge >= 0.3 is 0 Å². The van der Waals surface area contributed by atoms with Gasteiger partial charge in [0.05, 0.1) is 11.0 Å². The third-order valence-electron chi connectivity index (χ3n) is 12.8. The maximum atomic E-state index is 6.23. The third kappa shape index (κ3) is 5.29. The van der Waals surface area contributed by atoms with Gasteiger partial charge in [-0.05, 0) is 123 Å². The highest BCUT2D eigenvalue weighted by atomic mass is 16.3. The second-order valence-electron chi connectivity index (χ2n) is 16.6. The molecule has 12 rings (SSSR count). The molecule has 0 bridgehead atoms. The lowest BCUT2D eigenvalue weighted by atomic mass is 9.82. The molecule has 0 unspecified atom stereocenters. The molecule has 0 aliphatic heterocycles. The number of hydrogen-bond acceptors (Lipinski definition) is 2. The van der Waals surface area contributed by atoms with Gasteiger partial charge in [-0.2, -0.15) is 0 Å². The minimum Gasteiger partial charge on any atom is -0.456 e. The second-order valence-corrected chi connectivity index (χ2v) is 16.6. The summed E-state index contributed by atoms with van der Waals surface area (Å²) in [6, 6.07) is 75.0. The van der Waals surface area contributed by atoms with Gasteiger partial charge in [-0.25, -0.2) is 0 Å². The summed E-state index contributed by atoms with van der Waals surface area (Å²) in [5.41, 5.74) is 18.6. The molecule has 0 fully saturated rings. The summed E-state index contributed by atoms with van der Waals surface area (Å²) in [4.78, 5) is 2.42. The Morgan fingerprint density at radius 2 is 0.967 bits per heavy atom. The van der Waals surface area contributed by atoms with Crippen molar-refractivity contribution in [1.82, 2.24) is 4.57 Å². The summed E-state index contributed by atoms with van der Waals surface area (Å²) in [5, 5.41) is 4.72. The lowest BCUT2D eigenvalue weighted by molar-refractivity contribution is 0.660. The molecular weight excluding hydrogens is 729 g/mol. The predicted molar refractivity (Wildman–Crippen MR) is 251 cm³/mol. The molecule has 1 aliphatic rings. The van der Waals surface area contributed by atoms with E-state index >= 15 is 0 Å². The topological polar surface area (TPSA) is 21.3 Å². The molecule has 0 saturated heterocycles. The molecule has 11 aromatic rings. The summed E-state index contributed by atoms with van der Waals surface area (Å²) in [5.74, 6) is 0. The van der Waals surface area contributed by atoms with Crippen molar-refractivity contribution in [2.45, 2.75) is 19.3 Å². The zero-order chi connectivity index (χ0) is 40.0. The Morgan fingerprint density at radius 1 is 0.383 bits per heavy atom. The van der Waals surface area contributed by atoms with E-state index in [2.05, 4.69) is 217 Å². The van der Waals surface area contributed by atoms with Gasteiger partial charge in [0.1, 0.15) is 11.2 Å². The number of benzene rings is 9. The molecule has 0 atom stereocenters. The maximum absolute atomic E-state index is 6.23. The fourth-order valence-electron chi connectivity index (χ4n) is 9.80. The fourth-order valence-corrected chi connectivity index (χ4v) is 9.80. The van der Waals surface area contributed by atoms with Crippen molar-refractivity contribution in [3.63, 3.8) is 0 Å². The molecule has 0 N–H and O–H groups in total. The van der Waals surface area contributed by atoms with Crippen molar-refractivity contribution < 1.29 is 4.42 Å². The number of para-hydroxylation sites is 2. The number of furan rings is 1. The van der Waals surface area contributed by atoms with Crippen molar-refractivity contribution in [1.29, 1.82) is 0 Å². The van der Waals surface area contributed by atoms with Crippen LogP contribution in [0.25, 0.3) is 82.8 Å². The first-order chi connectivity index (χ1) is 29.5. The molecule has 0 spiro atoms. The average Bonchev–Trinajstić information content (AvgIpc) is 3.92. The van der Waals surface area contributed by atoms with E-state index in [0.717, 1.165) is 55.8 Å². The van der Waals surface area contributed by atoms with E-state index < -0.39 is 0 Å². The maximum Gasteiger partial charge on any atom is 0.136 e. The molecule has 3 nitrogen and oxygen atoms in total. The minimum atomic E-state index is -0.113. The molecule has 60 heavy (non-hydrogen) atoms. The van der Waals surface area contributed by atoms with Gasteiger partial charge in [-0.15, -0.1) is 0 Å². The number of fused-ring (bicyclic) bond motifs is 9. The van der Waals surface area contributed by atoms with Crippen LogP contribution in [0, 0.1) is 0 Å². The SMILES string of the molecule is CC1(C)c2ccccc2-c2ccc(N(c3ccc(-c4ccccc4)cc3)c3ccc4c(c3)c3ccccc3n4-c3ccc(-c4ccc5c(c4)oc4ccccc45)cc3)cc21. The quantitative estimate of drug-likeness (QED) is 0.168. The summed E-state index contributed by atoms with van der Waals surface area (Å²) >= 11 is 0. The zero-order valence-electron chi connectivity index (χ0n) is 33.4. The van der Waals surface area contributed by atoms with Gasteiger partial charge in [0.2, 0.25) is 0 Å².